The van der Waals surface area contributed by atoms with E-state index in [0.29, 0.717) is 12.1 Å². The summed E-state index contributed by atoms with van der Waals surface area (Å²) in [6.45, 7) is 7.53. The van der Waals surface area contributed by atoms with Crippen molar-refractivity contribution in [3.8, 4) is 0 Å². The van der Waals surface area contributed by atoms with E-state index in [2.05, 4.69) is 65.5 Å². The van der Waals surface area contributed by atoms with Gasteiger partial charge in [-0.3, -0.25) is 9.98 Å². The molecule has 1 N–H and O–H groups in total. The van der Waals surface area contributed by atoms with Crippen molar-refractivity contribution in [1.82, 2.24) is 10.3 Å². The van der Waals surface area contributed by atoms with Crippen LogP contribution >= 0.6 is 0 Å². The molecule has 2 atom stereocenters. The van der Waals surface area contributed by atoms with E-state index < -0.39 is 0 Å². The van der Waals surface area contributed by atoms with Crippen LogP contribution in [0.4, 0.5) is 5.69 Å². The van der Waals surface area contributed by atoms with Gasteiger partial charge in [-0.25, -0.2) is 0 Å². The monoisotopic (exact) mass is 360 g/mol. The highest BCUT2D eigenvalue weighted by Crippen LogP contribution is 2.24. The minimum atomic E-state index is 0.521. The number of nitrogens with one attached hydrogen (secondary N) is 1. The number of pyridine rings is 1. The predicted octanol–water partition coefficient (Wildman–Crippen LogP) is 3.93. The van der Waals surface area contributed by atoms with Gasteiger partial charge in [-0.15, -0.1) is 0 Å². The van der Waals surface area contributed by atoms with Gasteiger partial charge in [-0.2, -0.15) is 0 Å². The van der Waals surface area contributed by atoms with Crippen LogP contribution in [0.15, 0.2) is 59.4 Å². The summed E-state index contributed by atoms with van der Waals surface area (Å²) in [6, 6.07) is 14.1. The van der Waals surface area contributed by atoms with Crippen LogP contribution in [-0.2, 0) is 0 Å². The fourth-order valence-electron chi connectivity index (χ4n) is 3.94. The molecule has 2 aromatic rings. The number of nitrogens with zero attached hydrogens (tertiary/aromatic N) is 3. The number of aliphatic imine (C=N–C) groups is 1. The number of hydrogen-bond donors (Lipinski definition) is 1. The Morgan fingerprint density at radius 3 is 2.78 bits per heavy atom. The highest BCUT2D eigenvalue weighted by Gasteiger charge is 2.22. The number of benzene rings is 1. The molecule has 0 bridgehead atoms. The molecule has 2 aliphatic heterocycles. The van der Waals surface area contributed by atoms with Gasteiger partial charge in [0.1, 0.15) is 0 Å². The average molecular weight is 361 g/mol. The van der Waals surface area contributed by atoms with E-state index in [1.54, 1.807) is 0 Å². The Labute approximate surface area is 162 Å². The van der Waals surface area contributed by atoms with Crippen LogP contribution in [0.3, 0.4) is 0 Å². The predicted molar refractivity (Wildman–Crippen MR) is 114 cm³/mol. The zero-order valence-corrected chi connectivity index (χ0v) is 16.2. The van der Waals surface area contributed by atoms with Gasteiger partial charge >= 0.3 is 0 Å². The van der Waals surface area contributed by atoms with Gasteiger partial charge in [0.15, 0.2) is 0 Å². The lowest BCUT2D eigenvalue weighted by molar-refractivity contribution is 0.425. The highest BCUT2D eigenvalue weighted by atomic mass is 15.2. The van der Waals surface area contributed by atoms with E-state index in [9.17, 15) is 0 Å². The molecule has 1 fully saturated rings. The molecule has 27 heavy (non-hydrogen) atoms. The Bertz CT molecular complexity index is 823. The molecule has 1 aromatic carbocycles. The molecule has 4 heteroatoms. The van der Waals surface area contributed by atoms with E-state index in [1.807, 2.05) is 18.5 Å². The lowest BCUT2D eigenvalue weighted by Crippen LogP contribution is -2.54. The first-order chi connectivity index (χ1) is 13.2. The Balaban J connectivity index is 1.56. The highest BCUT2D eigenvalue weighted by molar-refractivity contribution is 6.15. The molecule has 0 radical (unpaired) electrons. The summed E-state index contributed by atoms with van der Waals surface area (Å²) in [6.07, 6.45) is 8.20. The zero-order chi connectivity index (χ0) is 18.6. The fraction of sp³-hybridized carbons (Fsp3) is 0.391. The molecular formula is C23H28N4. The van der Waals surface area contributed by atoms with Crippen molar-refractivity contribution in [2.24, 2.45) is 4.99 Å². The smallest absolute Gasteiger partial charge is 0.0694 e. The third-order valence-corrected chi connectivity index (χ3v) is 5.44. The summed E-state index contributed by atoms with van der Waals surface area (Å²) >= 11 is 0. The van der Waals surface area contributed by atoms with Crippen molar-refractivity contribution in [2.45, 2.75) is 38.8 Å². The molecule has 0 saturated carbocycles. The van der Waals surface area contributed by atoms with Crippen molar-refractivity contribution in [2.75, 3.05) is 24.5 Å². The van der Waals surface area contributed by atoms with Crippen molar-refractivity contribution in [1.29, 1.82) is 0 Å². The molecule has 0 amide bonds. The first-order valence-corrected chi connectivity index (χ1v) is 9.96. The summed E-state index contributed by atoms with van der Waals surface area (Å²) in [5.41, 5.74) is 6.07. The molecule has 0 unspecified atom stereocenters. The van der Waals surface area contributed by atoms with Crippen molar-refractivity contribution in [3.63, 3.8) is 0 Å². The van der Waals surface area contributed by atoms with Crippen LogP contribution in [0.5, 0.6) is 0 Å². The minimum Gasteiger partial charge on any atom is -0.366 e. The zero-order valence-electron chi connectivity index (χ0n) is 16.2. The molecule has 1 saturated heterocycles. The average Bonchev–Trinajstić information content (AvgIpc) is 2.72. The van der Waals surface area contributed by atoms with Crippen LogP contribution in [-0.4, -0.2) is 42.4 Å². The topological polar surface area (TPSA) is 40.5 Å². The maximum absolute atomic E-state index is 4.78. The van der Waals surface area contributed by atoms with Gasteiger partial charge in [0.2, 0.25) is 0 Å². The third kappa shape index (κ3) is 4.11. The molecule has 0 aliphatic carbocycles. The second-order valence-electron chi connectivity index (χ2n) is 7.65. The number of rotatable bonds is 3. The minimum absolute atomic E-state index is 0.521. The molecular weight excluding hydrogens is 332 g/mol. The van der Waals surface area contributed by atoms with Crippen LogP contribution in [0.1, 0.15) is 37.8 Å². The second kappa shape index (κ2) is 8.05. The van der Waals surface area contributed by atoms with Gasteiger partial charge in [-0.05, 0) is 68.2 Å². The Morgan fingerprint density at radius 1 is 1.15 bits per heavy atom. The van der Waals surface area contributed by atoms with Crippen LogP contribution in [0.25, 0.3) is 6.08 Å². The van der Waals surface area contributed by atoms with Gasteiger partial charge in [-0.1, -0.05) is 12.1 Å². The normalized spacial score (nSPS) is 24.7. The molecule has 4 rings (SSSR count). The van der Waals surface area contributed by atoms with Crippen molar-refractivity contribution >= 4 is 17.5 Å². The van der Waals surface area contributed by atoms with Crippen molar-refractivity contribution < 1.29 is 0 Å². The Hall–Kier alpha value is -2.46. The SMILES string of the molecule is C[C@@H]1CN(c2ccc(/C=C3\CCCN=C3c3cccnc3)cc2)[C@@H](C)CN1. The van der Waals surface area contributed by atoms with E-state index >= 15 is 0 Å². The maximum atomic E-state index is 4.78. The van der Waals surface area contributed by atoms with E-state index in [-0.39, 0.29) is 0 Å². The first kappa shape index (κ1) is 17.9. The summed E-state index contributed by atoms with van der Waals surface area (Å²) in [7, 11) is 0. The Kier molecular flexibility index (Phi) is 5.35. The molecule has 0 spiro atoms. The Morgan fingerprint density at radius 2 is 2.00 bits per heavy atom. The maximum Gasteiger partial charge on any atom is 0.0694 e. The summed E-state index contributed by atoms with van der Waals surface area (Å²) in [5, 5.41) is 3.55. The van der Waals surface area contributed by atoms with Crippen molar-refractivity contribution in [3.05, 3.63) is 65.5 Å². The number of anilines is 1. The number of piperazine rings is 1. The summed E-state index contributed by atoms with van der Waals surface area (Å²) in [5.74, 6) is 0. The lowest BCUT2D eigenvalue weighted by Gasteiger charge is -2.39. The standard InChI is InChI=1S/C23H28N4/c1-17-16-27(18(2)14-26-17)22-9-7-19(8-10-22)13-20-5-4-12-25-23(20)21-6-3-11-24-15-21/h3,6-11,13,15,17-18,26H,4-5,12,14,16H2,1-2H3/b20-13+/t17-,18+/m1/s1. The summed E-state index contributed by atoms with van der Waals surface area (Å²) in [4.78, 5) is 11.5. The van der Waals surface area contributed by atoms with Crippen LogP contribution in [0.2, 0.25) is 0 Å². The number of aromatic nitrogens is 1. The lowest BCUT2D eigenvalue weighted by atomic mass is 9.95. The largest absolute Gasteiger partial charge is 0.366 e. The number of hydrogen-bond acceptors (Lipinski definition) is 4. The third-order valence-electron chi connectivity index (χ3n) is 5.44. The number of allylic oxidation sites excluding steroid dienone is 1. The van der Waals surface area contributed by atoms with Crippen LogP contribution < -0.4 is 10.2 Å². The summed E-state index contributed by atoms with van der Waals surface area (Å²) < 4.78 is 0. The fourth-order valence-corrected chi connectivity index (χ4v) is 3.94. The molecule has 1 aromatic heterocycles. The molecule has 140 valence electrons. The van der Waals surface area contributed by atoms with Gasteiger partial charge in [0.25, 0.3) is 0 Å². The molecule has 4 nitrogen and oxygen atoms in total. The second-order valence-corrected chi connectivity index (χ2v) is 7.65. The quantitative estimate of drug-likeness (QED) is 0.901. The van der Waals surface area contributed by atoms with Crippen LogP contribution in [0, 0.1) is 0 Å². The first-order valence-electron chi connectivity index (χ1n) is 9.96. The van der Waals surface area contributed by atoms with E-state index in [1.165, 1.54) is 16.8 Å². The molecule has 2 aliphatic rings. The molecule has 3 heterocycles. The van der Waals surface area contributed by atoms with Gasteiger partial charge in [0.05, 0.1) is 5.71 Å². The van der Waals surface area contributed by atoms with E-state index in [4.69, 9.17) is 4.99 Å². The van der Waals surface area contributed by atoms with E-state index in [0.717, 1.165) is 43.8 Å². The van der Waals surface area contributed by atoms with Gasteiger partial charge < -0.3 is 10.2 Å². The van der Waals surface area contributed by atoms with Gasteiger partial charge in [0, 0.05) is 55.4 Å².